The molecule has 0 bridgehead atoms. The number of nitrogens with zero attached hydrogens (tertiary/aromatic N) is 1. The van der Waals surface area contributed by atoms with Crippen molar-refractivity contribution >= 4 is 19.8 Å². The Morgan fingerprint density at radius 2 is 0.792 bits per heavy atom. The Labute approximate surface area is 443 Å². The van der Waals surface area contributed by atoms with Gasteiger partial charge in [0.25, 0.3) is 0 Å². The van der Waals surface area contributed by atoms with Gasteiger partial charge in [-0.15, -0.1) is 0 Å². The lowest BCUT2D eigenvalue weighted by molar-refractivity contribution is -0.870. The number of hydrogen-bond donors (Lipinski definition) is 1. The van der Waals surface area contributed by atoms with E-state index in [1.54, 1.807) is 0 Å². The molecule has 0 heterocycles. The minimum absolute atomic E-state index is 0.0264. The van der Waals surface area contributed by atoms with Gasteiger partial charge in [0.15, 0.2) is 6.10 Å². The van der Waals surface area contributed by atoms with E-state index >= 15 is 0 Å². The van der Waals surface area contributed by atoms with E-state index < -0.39 is 26.5 Å². The predicted molar refractivity (Wildman–Crippen MR) is 307 cm³/mol. The Balaban J connectivity index is 4.04. The van der Waals surface area contributed by atoms with Crippen LogP contribution in [0.3, 0.4) is 0 Å². The monoisotopic (exact) mass is 1030 g/mol. The molecule has 1 N–H and O–H groups in total. The van der Waals surface area contributed by atoms with E-state index in [9.17, 15) is 19.0 Å². The van der Waals surface area contributed by atoms with Crippen LogP contribution in [0.1, 0.15) is 232 Å². The first-order valence-corrected chi connectivity index (χ1v) is 30.5. The molecule has 0 spiro atoms. The van der Waals surface area contributed by atoms with Crippen molar-refractivity contribution in [2.75, 3.05) is 47.5 Å². The molecule has 0 aromatic rings. The number of quaternary nitrogens is 1. The van der Waals surface area contributed by atoms with Crippen LogP contribution >= 0.6 is 7.82 Å². The molecule has 72 heavy (non-hydrogen) atoms. The third-order valence-corrected chi connectivity index (χ3v) is 13.1. The summed E-state index contributed by atoms with van der Waals surface area (Å²) in [5.74, 6) is -0.815. The molecule has 9 nitrogen and oxygen atoms in total. The highest BCUT2D eigenvalue weighted by atomic mass is 31.2. The molecule has 0 saturated carbocycles. The second kappa shape index (κ2) is 52.8. The maximum Gasteiger partial charge on any atom is 0.472 e. The third kappa shape index (κ3) is 56.2. The molecule has 2 unspecified atom stereocenters. The smallest absolute Gasteiger partial charge is 0.462 e. The molecule has 0 aliphatic heterocycles. The topological polar surface area (TPSA) is 108 Å². The van der Waals surface area contributed by atoms with Crippen LogP contribution in [0.25, 0.3) is 0 Å². The van der Waals surface area contributed by atoms with Gasteiger partial charge in [-0.2, -0.15) is 0 Å². The van der Waals surface area contributed by atoms with E-state index in [2.05, 4.69) is 111 Å². The number of esters is 2. The fraction of sp³-hybridized carbons (Fsp3) is 0.710. The number of rotatable bonds is 52. The summed E-state index contributed by atoms with van der Waals surface area (Å²) < 4.78 is 34.5. The van der Waals surface area contributed by atoms with E-state index in [1.165, 1.54) is 89.9 Å². The highest BCUT2D eigenvalue weighted by Gasteiger charge is 2.27. The van der Waals surface area contributed by atoms with E-state index in [-0.39, 0.29) is 32.0 Å². The zero-order chi connectivity index (χ0) is 52.7. The van der Waals surface area contributed by atoms with Gasteiger partial charge in [0, 0.05) is 12.8 Å². The van der Waals surface area contributed by atoms with Crippen LogP contribution in [0.2, 0.25) is 0 Å². The molecule has 0 aliphatic rings. The van der Waals surface area contributed by atoms with Gasteiger partial charge in [-0.05, 0) is 89.9 Å². The number of likely N-dealkylation sites (N-methyl/N-ethyl adjacent to an activating group) is 1. The Kier molecular flexibility index (Phi) is 50.5. The SMILES string of the molecule is CC/C=C\C/C=C\C/C=C\C/C=C\C/C=C\C/C=C\CCCCCCCCCCCCCCCCCCC(=O)OC(COC(=O)CCCCCCC/C=C\C/C=C\CCC)COP(=O)(O)OCC[N+](C)(C)C. The molecule has 0 radical (unpaired) electrons. The minimum Gasteiger partial charge on any atom is -0.462 e. The first kappa shape index (κ1) is 68.9. The van der Waals surface area contributed by atoms with Gasteiger partial charge in [-0.3, -0.25) is 18.6 Å². The summed E-state index contributed by atoms with van der Waals surface area (Å²) in [4.78, 5) is 35.6. The molecule has 0 saturated heterocycles. The summed E-state index contributed by atoms with van der Waals surface area (Å²) in [6.07, 6.45) is 72.0. The van der Waals surface area contributed by atoms with Crippen LogP contribution in [0.5, 0.6) is 0 Å². The van der Waals surface area contributed by atoms with E-state index in [1.807, 2.05) is 21.1 Å². The fourth-order valence-electron chi connectivity index (χ4n) is 7.64. The van der Waals surface area contributed by atoms with Gasteiger partial charge >= 0.3 is 19.8 Å². The van der Waals surface area contributed by atoms with Crippen LogP contribution in [0.15, 0.2) is 97.2 Å². The van der Waals surface area contributed by atoms with Crippen molar-refractivity contribution in [1.29, 1.82) is 0 Å². The molecule has 414 valence electrons. The molecule has 2 atom stereocenters. The van der Waals surface area contributed by atoms with E-state index in [4.69, 9.17) is 18.5 Å². The standard InChI is InChI=1S/C62H108NO8P/c1-6-8-10-12-14-16-18-20-21-22-23-24-25-26-27-28-29-30-31-32-33-34-35-36-37-38-39-40-41-43-45-47-49-51-53-55-62(65)71-60(59-70-72(66,67)69-57-56-63(3,4)5)58-68-61(64)54-52-50-48-46-44-42-19-17-15-13-11-9-7-2/h8,10-11,13-14,16-17,19-21,23-24,26-27,29-30,60H,6-7,9,12,15,18,22,25,28,31-59H2,1-5H3/p+1/b10-8-,13-11-,16-14-,19-17-,21-20-,24-23-,27-26-,30-29-. The molecule has 0 fully saturated rings. The van der Waals surface area contributed by atoms with Gasteiger partial charge in [0.1, 0.15) is 19.8 Å². The maximum absolute atomic E-state index is 12.8. The zero-order valence-electron chi connectivity index (χ0n) is 46.9. The molecule has 10 heteroatoms. The molecule has 0 aliphatic carbocycles. The van der Waals surface area contributed by atoms with Gasteiger partial charge in [0.05, 0.1) is 27.7 Å². The number of phosphoric acid groups is 1. The van der Waals surface area contributed by atoms with Gasteiger partial charge in [-0.25, -0.2) is 4.57 Å². The second-order valence-corrected chi connectivity index (χ2v) is 21.7. The Morgan fingerprint density at radius 1 is 0.444 bits per heavy atom. The summed E-state index contributed by atoms with van der Waals surface area (Å²) in [5.41, 5.74) is 0. The van der Waals surface area contributed by atoms with Crippen LogP contribution in [-0.4, -0.2) is 74.9 Å². The summed E-state index contributed by atoms with van der Waals surface area (Å²) in [5, 5.41) is 0. The average molecular weight is 1030 g/mol. The third-order valence-electron chi connectivity index (χ3n) is 12.1. The van der Waals surface area contributed by atoms with Crippen molar-refractivity contribution in [2.24, 2.45) is 0 Å². The number of ether oxygens (including phenoxy) is 2. The van der Waals surface area contributed by atoms with E-state index in [0.717, 1.165) is 109 Å². The minimum atomic E-state index is -4.39. The summed E-state index contributed by atoms with van der Waals surface area (Å²) >= 11 is 0. The highest BCUT2D eigenvalue weighted by molar-refractivity contribution is 7.47. The molecule has 0 aromatic carbocycles. The quantitative estimate of drug-likeness (QED) is 0.0211. The lowest BCUT2D eigenvalue weighted by atomic mass is 10.0. The maximum atomic E-state index is 12.8. The number of unbranched alkanes of at least 4 members (excludes halogenated alkanes) is 22. The van der Waals surface area contributed by atoms with Crippen molar-refractivity contribution < 1.29 is 42.1 Å². The summed E-state index contributed by atoms with van der Waals surface area (Å²) in [6.45, 7) is 4.23. The molecule has 0 amide bonds. The largest absolute Gasteiger partial charge is 0.472 e. The number of allylic oxidation sites excluding steroid dienone is 16. The fourth-order valence-corrected chi connectivity index (χ4v) is 8.39. The number of hydrogen-bond acceptors (Lipinski definition) is 7. The predicted octanol–water partition coefficient (Wildman–Crippen LogP) is 18.0. The summed E-state index contributed by atoms with van der Waals surface area (Å²) in [6, 6.07) is 0. The first-order chi connectivity index (χ1) is 35.0. The van der Waals surface area contributed by atoms with Crippen LogP contribution < -0.4 is 0 Å². The van der Waals surface area contributed by atoms with Gasteiger partial charge in [-0.1, -0.05) is 227 Å². The molecule has 0 rings (SSSR count). The van der Waals surface area contributed by atoms with Crippen LogP contribution in [-0.2, 0) is 32.7 Å². The lowest BCUT2D eigenvalue weighted by Gasteiger charge is -2.24. The zero-order valence-corrected chi connectivity index (χ0v) is 47.8. The number of phosphoric ester groups is 1. The summed E-state index contributed by atoms with van der Waals surface area (Å²) in [7, 11) is 1.46. The van der Waals surface area contributed by atoms with Crippen molar-refractivity contribution in [3.8, 4) is 0 Å². The normalized spacial score (nSPS) is 14.0. The molecule has 0 aromatic heterocycles. The van der Waals surface area contributed by atoms with Crippen LogP contribution in [0, 0.1) is 0 Å². The average Bonchev–Trinajstić information content (AvgIpc) is 3.34. The Bertz CT molecular complexity index is 1540. The lowest BCUT2D eigenvalue weighted by Crippen LogP contribution is -2.37. The number of carbonyl (C=O) groups is 2. The van der Waals surface area contributed by atoms with E-state index in [0.29, 0.717) is 17.4 Å². The molecular formula is C62H109NO8P+. The van der Waals surface area contributed by atoms with Crippen molar-refractivity contribution in [2.45, 2.75) is 238 Å². The van der Waals surface area contributed by atoms with Crippen molar-refractivity contribution in [3.63, 3.8) is 0 Å². The van der Waals surface area contributed by atoms with Crippen LogP contribution in [0.4, 0.5) is 0 Å². The number of carbonyl (C=O) groups excluding carboxylic acids is 2. The Hall–Kier alpha value is -3.07. The Morgan fingerprint density at radius 3 is 1.18 bits per heavy atom. The second-order valence-electron chi connectivity index (χ2n) is 20.3. The molecular weight excluding hydrogens is 918 g/mol. The first-order valence-electron chi connectivity index (χ1n) is 29.0. The van der Waals surface area contributed by atoms with Gasteiger partial charge in [0.2, 0.25) is 0 Å². The van der Waals surface area contributed by atoms with Gasteiger partial charge < -0.3 is 18.9 Å². The van der Waals surface area contributed by atoms with Crippen molar-refractivity contribution in [1.82, 2.24) is 0 Å². The van der Waals surface area contributed by atoms with Crippen molar-refractivity contribution in [3.05, 3.63) is 97.2 Å². The highest BCUT2D eigenvalue weighted by Crippen LogP contribution is 2.43.